The molecule has 1 fully saturated rings. The molecule has 0 bridgehead atoms. The lowest BCUT2D eigenvalue weighted by Crippen LogP contribution is -2.21. The summed E-state index contributed by atoms with van der Waals surface area (Å²) in [6.07, 6.45) is -0.883. The number of halogens is 3. The quantitative estimate of drug-likeness (QED) is 0.263. The lowest BCUT2D eigenvalue weighted by molar-refractivity contribution is -0.117. The molecular formula is C27H30F3N7O4S. The van der Waals surface area contributed by atoms with Crippen molar-refractivity contribution in [2.45, 2.75) is 56.3 Å². The number of hydrogen-bond acceptors (Lipinski definition) is 8. The van der Waals surface area contributed by atoms with Crippen LogP contribution in [0.2, 0.25) is 0 Å². The Morgan fingerprint density at radius 2 is 1.93 bits per heavy atom. The van der Waals surface area contributed by atoms with Gasteiger partial charge in [-0.2, -0.15) is 5.10 Å². The fourth-order valence-electron chi connectivity index (χ4n) is 4.86. The molecular weight excluding hydrogens is 575 g/mol. The number of anilines is 3. The number of rotatable bonds is 9. The predicted octanol–water partition coefficient (Wildman–Crippen LogP) is 5.30. The predicted molar refractivity (Wildman–Crippen MR) is 150 cm³/mol. The number of nitrogens with one attached hydrogen (secondary N) is 2. The third-order valence-electron chi connectivity index (χ3n) is 6.71. The number of benzene rings is 1. The van der Waals surface area contributed by atoms with Gasteiger partial charge in [-0.25, -0.2) is 31.6 Å². The van der Waals surface area contributed by atoms with Crippen LogP contribution in [-0.4, -0.2) is 57.7 Å². The topological polar surface area (TPSA) is 133 Å². The average molecular weight is 606 g/mol. The molecule has 0 aliphatic carbocycles. The van der Waals surface area contributed by atoms with Gasteiger partial charge in [-0.05, 0) is 44.4 Å². The second-order valence-corrected chi connectivity index (χ2v) is 12.2. The van der Waals surface area contributed by atoms with Crippen LogP contribution in [0.3, 0.4) is 0 Å². The van der Waals surface area contributed by atoms with E-state index in [9.17, 15) is 26.4 Å². The molecule has 1 saturated heterocycles. The molecule has 5 rings (SSSR count). The SMILES string of the molecule is C[C@H](F)CC(=O)Nc1cc(Nc2ccc(-c3ccn(C)n3)cc2S(C)(=O)=O)c2nc(C(F)F)n(C3CCCCO3)c2n1. The molecule has 1 amide bonds. The molecule has 11 nitrogen and oxygen atoms in total. The lowest BCUT2D eigenvalue weighted by Gasteiger charge is -2.25. The van der Waals surface area contributed by atoms with Gasteiger partial charge >= 0.3 is 0 Å². The molecule has 4 heterocycles. The second kappa shape index (κ2) is 11.7. The molecule has 1 unspecified atom stereocenters. The summed E-state index contributed by atoms with van der Waals surface area (Å²) in [6, 6.07) is 7.74. The number of ether oxygens (including phenoxy) is 1. The summed E-state index contributed by atoms with van der Waals surface area (Å²) in [5.41, 5.74) is 1.37. The average Bonchev–Trinajstić information content (AvgIpc) is 3.52. The summed E-state index contributed by atoms with van der Waals surface area (Å²) in [6.45, 7) is 1.60. The van der Waals surface area contributed by atoms with Crippen molar-refractivity contribution in [2.75, 3.05) is 23.5 Å². The van der Waals surface area contributed by atoms with Crippen molar-refractivity contribution in [3.8, 4) is 11.3 Å². The van der Waals surface area contributed by atoms with Crippen LogP contribution in [0.25, 0.3) is 22.4 Å². The van der Waals surface area contributed by atoms with Crippen molar-refractivity contribution in [1.29, 1.82) is 0 Å². The minimum Gasteiger partial charge on any atom is -0.358 e. The number of nitrogens with zero attached hydrogens (tertiary/aromatic N) is 5. The minimum atomic E-state index is -3.80. The highest BCUT2D eigenvalue weighted by atomic mass is 32.2. The van der Waals surface area contributed by atoms with Crippen LogP contribution in [0.15, 0.2) is 41.4 Å². The smallest absolute Gasteiger partial charge is 0.295 e. The summed E-state index contributed by atoms with van der Waals surface area (Å²) in [4.78, 5) is 20.9. The first kappa shape index (κ1) is 29.5. The molecule has 2 N–H and O–H groups in total. The van der Waals surface area contributed by atoms with E-state index in [-0.39, 0.29) is 33.3 Å². The van der Waals surface area contributed by atoms with E-state index < -0.39 is 46.8 Å². The van der Waals surface area contributed by atoms with Gasteiger partial charge in [0.1, 0.15) is 23.7 Å². The third kappa shape index (κ3) is 6.26. The van der Waals surface area contributed by atoms with Crippen LogP contribution >= 0.6 is 0 Å². The van der Waals surface area contributed by atoms with E-state index in [1.165, 1.54) is 29.7 Å². The van der Waals surface area contributed by atoms with Gasteiger partial charge < -0.3 is 15.4 Å². The highest BCUT2D eigenvalue weighted by Gasteiger charge is 2.29. The van der Waals surface area contributed by atoms with Crippen molar-refractivity contribution in [1.82, 2.24) is 24.3 Å². The highest BCUT2D eigenvalue weighted by molar-refractivity contribution is 7.90. The summed E-state index contributed by atoms with van der Waals surface area (Å²) in [5.74, 6) is -1.31. The normalized spacial score (nSPS) is 16.6. The van der Waals surface area contributed by atoms with Crippen molar-refractivity contribution in [2.24, 2.45) is 7.05 Å². The molecule has 2 atom stereocenters. The zero-order valence-corrected chi connectivity index (χ0v) is 24.0. The molecule has 4 aromatic rings. The summed E-state index contributed by atoms with van der Waals surface area (Å²) >= 11 is 0. The zero-order valence-electron chi connectivity index (χ0n) is 23.1. The first-order valence-corrected chi connectivity index (χ1v) is 15.2. The van der Waals surface area contributed by atoms with Gasteiger partial charge in [0.15, 0.2) is 21.3 Å². The molecule has 3 aromatic heterocycles. The molecule has 224 valence electrons. The first-order chi connectivity index (χ1) is 19.9. The van der Waals surface area contributed by atoms with Gasteiger partial charge in [0, 0.05) is 37.7 Å². The van der Waals surface area contributed by atoms with E-state index in [4.69, 9.17) is 4.74 Å². The molecule has 0 radical (unpaired) electrons. The zero-order chi connectivity index (χ0) is 30.2. The number of fused-ring (bicyclic) bond motifs is 1. The number of amides is 1. The summed E-state index contributed by atoms with van der Waals surface area (Å²) < 4.78 is 76.4. The second-order valence-electron chi connectivity index (χ2n) is 10.2. The molecule has 1 aromatic carbocycles. The fourth-order valence-corrected chi connectivity index (χ4v) is 5.72. The highest BCUT2D eigenvalue weighted by Crippen LogP contribution is 2.38. The van der Waals surface area contributed by atoms with Gasteiger partial charge in [0.25, 0.3) is 6.43 Å². The standard InChI is InChI=1S/C27H30F3N7O4S/c1-15(28)12-22(38)32-21-14-19(24-26(33-21)37(27(34-24)25(29)30)23-6-4-5-11-41-23)31-18-8-7-16(13-20(18)42(3,39)40)17-9-10-36(2)35-17/h7-10,13-15,23,25H,4-6,11-12H2,1-3H3,(H2,31,32,33,38)/t15-,23?/m0/s1. The Morgan fingerprint density at radius 1 is 1.14 bits per heavy atom. The third-order valence-corrected chi connectivity index (χ3v) is 7.85. The maximum Gasteiger partial charge on any atom is 0.295 e. The van der Waals surface area contributed by atoms with E-state index in [0.29, 0.717) is 24.3 Å². The van der Waals surface area contributed by atoms with Crippen molar-refractivity contribution >= 4 is 44.1 Å². The van der Waals surface area contributed by atoms with Crippen LogP contribution in [0.1, 0.15) is 51.1 Å². The fraction of sp³-hybridized carbons (Fsp3) is 0.407. The van der Waals surface area contributed by atoms with E-state index in [0.717, 1.165) is 19.1 Å². The Bertz CT molecular complexity index is 1730. The minimum absolute atomic E-state index is 0.00296. The number of alkyl halides is 3. The Balaban J connectivity index is 1.67. The van der Waals surface area contributed by atoms with Crippen molar-refractivity contribution < 1.29 is 31.1 Å². The molecule has 42 heavy (non-hydrogen) atoms. The van der Waals surface area contributed by atoms with Gasteiger partial charge in [-0.1, -0.05) is 6.07 Å². The Hall–Kier alpha value is -3.98. The molecule has 1 aliphatic rings. The number of aromatic nitrogens is 5. The van der Waals surface area contributed by atoms with Crippen molar-refractivity contribution in [3.05, 3.63) is 42.4 Å². The first-order valence-electron chi connectivity index (χ1n) is 13.3. The van der Waals surface area contributed by atoms with Crippen LogP contribution in [0.4, 0.5) is 30.4 Å². The number of hydrogen-bond donors (Lipinski definition) is 2. The Labute approximate surface area is 240 Å². The van der Waals surface area contributed by atoms with Crippen LogP contribution in [0.5, 0.6) is 0 Å². The number of imidazole rings is 1. The van der Waals surface area contributed by atoms with Crippen LogP contribution < -0.4 is 10.6 Å². The van der Waals surface area contributed by atoms with Crippen LogP contribution in [0, 0.1) is 0 Å². The monoisotopic (exact) mass is 605 g/mol. The summed E-state index contributed by atoms with van der Waals surface area (Å²) in [7, 11) is -2.06. The molecule has 1 aliphatic heterocycles. The molecule has 0 saturated carbocycles. The van der Waals surface area contributed by atoms with E-state index in [1.54, 1.807) is 30.1 Å². The van der Waals surface area contributed by atoms with E-state index >= 15 is 0 Å². The summed E-state index contributed by atoms with van der Waals surface area (Å²) in [5, 5.41) is 9.84. The number of pyridine rings is 1. The van der Waals surface area contributed by atoms with Gasteiger partial charge in [0.2, 0.25) is 5.91 Å². The Morgan fingerprint density at radius 3 is 2.55 bits per heavy atom. The maximum absolute atomic E-state index is 14.3. The molecule has 0 spiro atoms. The number of carbonyl (C=O) groups is 1. The molecule has 15 heteroatoms. The van der Waals surface area contributed by atoms with Gasteiger partial charge in [-0.3, -0.25) is 14.0 Å². The lowest BCUT2D eigenvalue weighted by atomic mass is 10.1. The number of aryl methyl sites for hydroxylation is 1. The van der Waals surface area contributed by atoms with Gasteiger partial charge in [0.05, 0.1) is 28.4 Å². The van der Waals surface area contributed by atoms with Crippen molar-refractivity contribution in [3.63, 3.8) is 0 Å². The van der Waals surface area contributed by atoms with Crippen LogP contribution in [-0.2, 0) is 26.4 Å². The Kier molecular flexibility index (Phi) is 8.23. The largest absolute Gasteiger partial charge is 0.358 e. The van der Waals surface area contributed by atoms with E-state index in [2.05, 4.69) is 25.7 Å². The van der Waals surface area contributed by atoms with Gasteiger partial charge in [-0.15, -0.1) is 0 Å². The maximum atomic E-state index is 14.3. The number of sulfone groups is 1. The number of carbonyl (C=O) groups excluding carboxylic acids is 1. The van der Waals surface area contributed by atoms with E-state index in [1.807, 2.05) is 0 Å².